The smallest absolute Gasteiger partial charge is 0.180 e. The highest BCUT2D eigenvalue weighted by Crippen LogP contribution is 2.37. The average Bonchev–Trinajstić information content (AvgIpc) is 2.74. The van der Waals surface area contributed by atoms with Crippen molar-refractivity contribution in [1.82, 2.24) is 0 Å². The minimum absolute atomic E-state index is 0.448. The van der Waals surface area contributed by atoms with Gasteiger partial charge in [0.2, 0.25) is 0 Å². The van der Waals surface area contributed by atoms with Crippen LogP contribution in [0.3, 0.4) is 0 Å². The first-order valence-corrected chi connectivity index (χ1v) is 10.1. The number of methoxy groups -OCH3 is 1. The van der Waals surface area contributed by atoms with E-state index < -0.39 is 0 Å². The summed E-state index contributed by atoms with van der Waals surface area (Å²) in [5.41, 5.74) is 3.42. The Bertz CT molecular complexity index is 898. The van der Waals surface area contributed by atoms with Crippen molar-refractivity contribution in [3.05, 3.63) is 88.4 Å². The lowest BCUT2D eigenvalue weighted by Gasteiger charge is -2.15. The zero-order chi connectivity index (χ0) is 20.5. The van der Waals surface area contributed by atoms with Crippen LogP contribution >= 0.6 is 11.6 Å². The largest absolute Gasteiger partial charge is 0.497 e. The third-order valence-corrected chi connectivity index (χ3v) is 4.80. The molecule has 0 heterocycles. The van der Waals surface area contributed by atoms with Crippen molar-refractivity contribution in [3.8, 4) is 17.2 Å². The van der Waals surface area contributed by atoms with Gasteiger partial charge in [-0.3, -0.25) is 0 Å². The topological polar surface area (TPSA) is 44.3 Å². The van der Waals surface area contributed by atoms with Crippen LogP contribution in [0.5, 0.6) is 17.2 Å². The number of benzene rings is 3. The third-order valence-electron chi connectivity index (χ3n) is 4.51. The summed E-state index contributed by atoms with van der Waals surface area (Å²) in [4.78, 5) is 0. The van der Waals surface area contributed by atoms with Crippen molar-refractivity contribution in [1.29, 1.82) is 0 Å². The average molecular weight is 413 g/mol. The molecule has 0 amide bonds. The Hall–Kier alpha value is -2.69. The van der Waals surface area contributed by atoms with Gasteiger partial charge in [-0.05, 0) is 48.9 Å². The summed E-state index contributed by atoms with van der Waals surface area (Å²) in [6, 6.07) is 22.1. The molecule has 0 bridgehead atoms. The molecule has 3 aromatic rings. The number of ether oxygens (including phenoxy) is 3. The molecular weight excluding hydrogens is 386 g/mol. The molecule has 0 saturated carbocycles. The van der Waals surface area contributed by atoms with Crippen LogP contribution < -0.4 is 19.5 Å². The molecule has 0 fully saturated rings. The fourth-order valence-corrected chi connectivity index (χ4v) is 3.33. The zero-order valence-corrected chi connectivity index (χ0v) is 17.6. The second kappa shape index (κ2) is 10.7. The molecule has 0 aliphatic carbocycles. The number of halogens is 1. The van der Waals surface area contributed by atoms with Crippen LogP contribution in [0, 0.1) is 0 Å². The normalized spacial score (nSPS) is 10.6. The molecule has 0 aliphatic rings. The minimum Gasteiger partial charge on any atom is -0.497 e. The number of rotatable bonds is 10. The van der Waals surface area contributed by atoms with Crippen LogP contribution in [-0.2, 0) is 19.7 Å². The van der Waals surface area contributed by atoms with Crippen LogP contribution in [-0.4, -0.2) is 13.7 Å². The molecule has 29 heavy (non-hydrogen) atoms. The van der Waals surface area contributed by atoms with Crippen LogP contribution in [0.2, 0.25) is 5.02 Å². The Balaban J connectivity index is 1.64. The van der Waals surface area contributed by atoms with Gasteiger partial charge in [-0.2, -0.15) is 0 Å². The Kier molecular flexibility index (Phi) is 7.79. The maximum absolute atomic E-state index is 6.53. The first kappa shape index (κ1) is 21.0. The van der Waals surface area contributed by atoms with E-state index in [2.05, 4.69) is 17.4 Å². The van der Waals surface area contributed by atoms with Crippen molar-refractivity contribution in [2.75, 3.05) is 13.7 Å². The molecule has 0 unspecified atom stereocenters. The lowest BCUT2D eigenvalue weighted by Crippen LogP contribution is -2.80. The van der Waals surface area contributed by atoms with Crippen LogP contribution in [0.15, 0.2) is 66.7 Å². The van der Waals surface area contributed by atoms with Crippen molar-refractivity contribution >= 4 is 11.6 Å². The maximum atomic E-state index is 6.53. The third kappa shape index (κ3) is 6.14. The molecule has 0 atom stereocenters. The van der Waals surface area contributed by atoms with E-state index in [1.807, 2.05) is 61.5 Å². The molecule has 152 valence electrons. The molecule has 0 spiro atoms. The molecule has 0 aromatic heterocycles. The summed E-state index contributed by atoms with van der Waals surface area (Å²) in [6.07, 6.45) is 0. The molecule has 5 heteroatoms. The highest BCUT2D eigenvalue weighted by atomic mass is 35.5. The molecule has 3 rings (SSSR count). The zero-order valence-electron chi connectivity index (χ0n) is 16.9. The van der Waals surface area contributed by atoms with Crippen molar-refractivity contribution in [2.24, 2.45) is 0 Å². The van der Waals surface area contributed by atoms with Crippen LogP contribution in [0.4, 0.5) is 0 Å². The summed E-state index contributed by atoms with van der Waals surface area (Å²) < 4.78 is 17.0. The van der Waals surface area contributed by atoms with Crippen molar-refractivity contribution in [2.45, 2.75) is 26.6 Å². The summed E-state index contributed by atoms with van der Waals surface area (Å²) in [5.74, 6) is 2.15. The Morgan fingerprint density at radius 1 is 0.828 bits per heavy atom. The molecule has 2 N–H and O–H groups in total. The van der Waals surface area contributed by atoms with E-state index >= 15 is 0 Å². The van der Waals surface area contributed by atoms with E-state index in [0.29, 0.717) is 29.7 Å². The van der Waals surface area contributed by atoms with Crippen molar-refractivity contribution < 1.29 is 19.5 Å². The Morgan fingerprint density at radius 3 is 2.24 bits per heavy atom. The van der Waals surface area contributed by atoms with E-state index in [9.17, 15) is 0 Å². The van der Waals surface area contributed by atoms with E-state index in [1.165, 1.54) is 5.56 Å². The SMILES string of the molecule is CCOc1cc(C[NH2+]Cc2ccc(OC)cc2)cc(Cl)c1OCc1ccccc1. The molecule has 3 aromatic carbocycles. The van der Waals surface area contributed by atoms with E-state index in [0.717, 1.165) is 30.0 Å². The lowest BCUT2D eigenvalue weighted by molar-refractivity contribution is -0.686. The van der Waals surface area contributed by atoms with E-state index in [4.69, 9.17) is 25.8 Å². The van der Waals surface area contributed by atoms with Crippen LogP contribution in [0.25, 0.3) is 0 Å². The quantitative estimate of drug-likeness (QED) is 0.529. The van der Waals surface area contributed by atoms with Crippen LogP contribution in [0.1, 0.15) is 23.6 Å². The van der Waals surface area contributed by atoms with E-state index in [1.54, 1.807) is 7.11 Å². The molecular formula is C24H27ClNO3+. The van der Waals surface area contributed by atoms with Gasteiger partial charge in [0, 0.05) is 11.1 Å². The van der Waals surface area contributed by atoms with Gasteiger partial charge in [-0.25, -0.2) is 0 Å². The summed E-state index contributed by atoms with van der Waals surface area (Å²) in [6.45, 7) is 4.63. The van der Waals surface area contributed by atoms with E-state index in [-0.39, 0.29) is 0 Å². The van der Waals surface area contributed by atoms with Gasteiger partial charge >= 0.3 is 0 Å². The summed E-state index contributed by atoms with van der Waals surface area (Å²) >= 11 is 6.53. The predicted octanol–water partition coefficient (Wildman–Crippen LogP) is 4.59. The summed E-state index contributed by atoms with van der Waals surface area (Å²) in [7, 11) is 1.67. The second-order valence-electron chi connectivity index (χ2n) is 6.66. The lowest BCUT2D eigenvalue weighted by atomic mass is 10.1. The molecule has 4 nitrogen and oxygen atoms in total. The van der Waals surface area contributed by atoms with Gasteiger partial charge in [0.25, 0.3) is 0 Å². The standard InChI is InChI=1S/C24H26ClNO3/c1-3-28-23-14-20(16-26-15-18-9-11-21(27-2)12-10-18)13-22(25)24(23)29-17-19-7-5-4-6-8-19/h4-14,26H,3,15-17H2,1-2H3/p+1. The fraction of sp³-hybridized carbons (Fsp3) is 0.250. The van der Waals surface area contributed by atoms with Gasteiger partial charge < -0.3 is 19.5 Å². The first-order valence-electron chi connectivity index (χ1n) is 9.76. The molecule has 0 aliphatic heterocycles. The second-order valence-corrected chi connectivity index (χ2v) is 7.06. The van der Waals surface area contributed by atoms with Gasteiger partial charge in [0.05, 0.1) is 18.7 Å². The molecule has 0 saturated heterocycles. The minimum atomic E-state index is 0.448. The highest BCUT2D eigenvalue weighted by molar-refractivity contribution is 6.32. The number of nitrogens with two attached hydrogens (primary N) is 1. The highest BCUT2D eigenvalue weighted by Gasteiger charge is 2.14. The number of hydrogen-bond donors (Lipinski definition) is 1. The maximum Gasteiger partial charge on any atom is 0.180 e. The van der Waals surface area contributed by atoms with Gasteiger partial charge in [-0.1, -0.05) is 41.9 Å². The van der Waals surface area contributed by atoms with Gasteiger partial charge in [-0.15, -0.1) is 0 Å². The Labute approximate surface area is 177 Å². The Morgan fingerprint density at radius 2 is 1.55 bits per heavy atom. The first-order chi connectivity index (χ1) is 14.2. The fourth-order valence-electron chi connectivity index (χ4n) is 3.04. The number of quaternary nitrogens is 1. The monoisotopic (exact) mass is 412 g/mol. The predicted molar refractivity (Wildman–Crippen MR) is 116 cm³/mol. The van der Waals surface area contributed by atoms with Gasteiger partial charge in [0.15, 0.2) is 11.5 Å². The van der Waals surface area contributed by atoms with Crippen molar-refractivity contribution in [3.63, 3.8) is 0 Å². The summed E-state index contributed by atoms with van der Waals surface area (Å²) in [5, 5.41) is 2.80. The molecule has 0 radical (unpaired) electrons. The number of hydrogen-bond acceptors (Lipinski definition) is 3. The van der Waals surface area contributed by atoms with Gasteiger partial charge in [0.1, 0.15) is 25.4 Å².